The van der Waals surface area contributed by atoms with Gasteiger partial charge in [0.2, 0.25) is 10.0 Å². The van der Waals surface area contributed by atoms with Crippen LogP contribution in [0.5, 0.6) is 0 Å². The number of hydrogen-bond acceptors (Lipinski definition) is 4. The Kier molecular flexibility index (Phi) is 4.87. The predicted octanol–water partition coefficient (Wildman–Crippen LogP) is 0.692. The molecular formula is C13H26N2O3S. The molecule has 0 radical (unpaired) electrons. The summed E-state index contributed by atoms with van der Waals surface area (Å²) in [6.07, 6.45) is 4.45. The molecule has 0 aromatic heterocycles. The third kappa shape index (κ3) is 3.68. The molecule has 1 saturated heterocycles. The highest BCUT2D eigenvalue weighted by Crippen LogP contribution is 2.27. The van der Waals surface area contributed by atoms with Gasteiger partial charge in [0.05, 0.1) is 11.4 Å². The Morgan fingerprint density at radius 2 is 1.89 bits per heavy atom. The molecule has 1 aliphatic carbocycles. The van der Waals surface area contributed by atoms with E-state index in [0.29, 0.717) is 13.0 Å². The molecule has 0 aromatic rings. The second-order valence-corrected chi connectivity index (χ2v) is 8.13. The summed E-state index contributed by atoms with van der Waals surface area (Å²) >= 11 is 0. The molecule has 1 heterocycles. The fourth-order valence-electron chi connectivity index (χ4n) is 3.25. The number of nitrogens with zero attached hydrogens (tertiary/aromatic N) is 1. The van der Waals surface area contributed by atoms with E-state index in [9.17, 15) is 13.5 Å². The fourth-order valence-corrected chi connectivity index (χ4v) is 4.90. The van der Waals surface area contributed by atoms with E-state index >= 15 is 0 Å². The van der Waals surface area contributed by atoms with Crippen LogP contribution < -0.4 is 4.72 Å². The van der Waals surface area contributed by atoms with Crippen molar-refractivity contribution in [2.75, 3.05) is 13.1 Å². The molecule has 1 saturated carbocycles. The number of aliphatic hydroxyl groups excluding tert-OH is 1. The minimum atomic E-state index is -3.22. The quantitative estimate of drug-likeness (QED) is 0.799. The number of hydrogen-bond donors (Lipinski definition) is 2. The first-order chi connectivity index (χ1) is 8.90. The minimum Gasteiger partial charge on any atom is -0.391 e. The summed E-state index contributed by atoms with van der Waals surface area (Å²) in [6.45, 7) is 5.03. The first kappa shape index (κ1) is 15.2. The van der Waals surface area contributed by atoms with E-state index in [1.54, 1.807) is 0 Å². The van der Waals surface area contributed by atoms with Crippen LogP contribution in [0.15, 0.2) is 0 Å². The topological polar surface area (TPSA) is 69.6 Å². The summed E-state index contributed by atoms with van der Waals surface area (Å²) in [5, 5.41) is 9.73. The van der Waals surface area contributed by atoms with Crippen molar-refractivity contribution >= 4 is 10.0 Å². The van der Waals surface area contributed by atoms with Gasteiger partial charge in [-0.2, -0.15) is 0 Å². The lowest BCUT2D eigenvalue weighted by molar-refractivity contribution is 0.0312. The zero-order valence-corrected chi connectivity index (χ0v) is 12.7. The zero-order chi connectivity index (χ0) is 14.0. The van der Waals surface area contributed by atoms with Gasteiger partial charge in [-0.1, -0.05) is 12.8 Å². The van der Waals surface area contributed by atoms with Crippen LogP contribution in [0.25, 0.3) is 0 Å². The smallest absolute Gasteiger partial charge is 0.216 e. The molecule has 1 aliphatic heterocycles. The Labute approximate surface area is 116 Å². The van der Waals surface area contributed by atoms with Gasteiger partial charge in [0.15, 0.2) is 0 Å². The van der Waals surface area contributed by atoms with E-state index in [1.165, 1.54) is 0 Å². The summed E-state index contributed by atoms with van der Waals surface area (Å²) in [5.41, 5.74) is 0. The number of rotatable bonds is 4. The van der Waals surface area contributed by atoms with Gasteiger partial charge in [0.1, 0.15) is 0 Å². The maximum absolute atomic E-state index is 12.2. The Morgan fingerprint density at radius 1 is 1.21 bits per heavy atom. The minimum absolute atomic E-state index is 0.0562. The van der Waals surface area contributed by atoms with Crippen molar-refractivity contribution in [2.24, 2.45) is 0 Å². The molecule has 6 heteroatoms. The van der Waals surface area contributed by atoms with Crippen LogP contribution in [0, 0.1) is 0 Å². The van der Waals surface area contributed by atoms with Gasteiger partial charge < -0.3 is 5.11 Å². The van der Waals surface area contributed by atoms with Crippen LogP contribution >= 0.6 is 0 Å². The molecule has 0 spiro atoms. The Hall–Kier alpha value is -0.170. The maximum Gasteiger partial charge on any atom is 0.216 e. The van der Waals surface area contributed by atoms with Crippen LogP contribution in [0.1, 0.15) is 46.0 Å². The van der Waals surface area contributed by atoms with Gasteiger partial charge in [-0.3, -0.25) is 4.90 Å². The third-order valence-electron chi connectivity index (χ3n) is 4.18. The molecule has 2 rings (SSSR count). The van der Waals surface area contributed by atoms with E-state index < -0.39 is 10.0 Å². The van der Waals surface area contributed by atoms with Crippen LogP contribution in [0.4, 0.5) is 0 Å². The Balaban J connectivity index is 1.96. The van der Waals surface area contributed by atoms with E-state index in [4.69, 9.17) is 0 Å². The summed E-state index contributed by atoms with van der Waals surface area (Å²) in [7, 11) is -3.22. The molecule has 2 N–H and O–H groups in total. The number of aliphatic hydroxyl groups is 1. The second-order valence-electron chi connectivity index (χ2n) is 6.14. The lowest BCUT2D eigenvalue weighted by Gasteiger charge is -2.35. The average molecular weight is 290 g/mol. The highest BCUT2D eigenvalue weighted by molar-refractivity contribution is 7.90. The van der Waals surface area contributed by atoms with Crippen molar-refractivity contribution in [1.29, 1.82) is 0 Å². The standard InChI is InChI=1S/C13H26N2O3S/c1-10(2)14-19(17,18)11-7-8-15(9-11)12-5-3-4-6-13(12)16/h10-14,16H,3-9H2,1-2H3. The van der Waals surface area contributed by atoms with Crippen molar-refractivity contribution in [3.8, 4) is 0 Å². The molecule has 5 nitrogen and oxygen atoms in total. The van der Waals surface area contributed by atoms with Gasteiger partial charge in [0.25, 0.3) is 0 Å². The molecule has 3 unspecified atom stereocenters. The van der Waals surface area contributed by atoms with Crippen molar-refractivity contribution in [3.05, 3.63) is 0 Å². The van der Waals surface area contributed by atoms with E-state index in [0.717, 1.165) is 32.2 Å². The highest BCUT2D eigenvalue weighted by Gasteiger charge is 2.38. The van der Waals surface area contributed by atoms with Crippen molar-refractivity contribution in [2.45, 2.75) is 69.4 Å². The molecule has 0 aromatic carbocycles. The van der Waals surface area contributed by atoms with Gasteiger partial charge in [-0.25, -0.2) is 13.1 Å². The van der Waals surface area contributed by atoms with Crippen LogP contribution in [-0.2, 0) is 10.0 Å². The van der Waals surface area contributed by atoms with Crippen LogP contribution in [-0.4, -0.2) is 55.0 Å². The van der Waals surface area contributed by atoms with Crippen LogP contribution in [0.3, 0.4) is 0 Å². The summed E-state index contributed by atoms with van der Waals surface area (Å²) < 4.78 is 27.0. The summed E-state index contributed by atoms with van der Waals surface area (Å²) in [5.74, 6) is 0. The maximum atomic E-state index is 12.2. The monoisotopic (exact) mass is 290 g/mol. The normalized spacial score (nSPS) is 34.0. The van der Waals surface area contributed by atoms with E-state index in [-0.39, 0.29) is 23.4 Å². The number of nitrogens with one attached hydrogen (secondary N) is 1. The van der Waals surface area contributed by atoms with Gasteiger partial charge >= 0.3 is 0 Å². The van der Waals surface area contributed by atoms with Crippen LogP contribution in [0.2, 0.25) is 0 Å². The Morgan fingerprint density at radius 3 is 2.53 bits per heavy atom. The van der Waals surface area contributed by atoms with Crippen molar-refractivity contribution < 1.29 is 13.5 Å². The fraction of sp³-hybridized carbons (Fsp3) is 1.00. The first-order valence-electron chi connectivity index (χ1n) is 7.33. The van der Waals surface area contributed by atoms with Gasteiger partial charge in [-0.15, -0.1) is 0 Å². The van der Waals surface area contributed by atoms with Crippen molar-refractivity contribution in [1.82, 2.24) is 9.62 Å². The zero-order valence-electron chi connectivity index (χ0n) is 11.9. The average Bonchev–Trinajstić information content (AvgIpc) is 2.77. The molecule has 3 atom stereocenters. The molecule has 0 amide bonds. The highest BCUT2D eigenvalue weighted by atomic mass is 32.2. The number of sulfonamides is 1. The lowest BCUT2D eigenvalue weighted by Crippen LogP contribution is -2.46. The SMILES string of the molecule is CC(C)NS(=O)(=O)C1CCN(C2CCCCC2O)C1. The molecule has 0 bridgehead atoms. The third-order valence-corrected chi connectivity index (χ3v) is 6.24. The molecule has 19 heavy (non-hydrogen) atoms. The summed E-state index contributed by atoms with van der Waals surface area (Å²) in [6, 6.07) is 0.104. The molecule has 112 valence electrons. The van der Waals surface area contributed by atoms with Crippen molar-refractivity contribution in [3.63, 3.8) is 0 Å². The summed E-state index contributed by atoms with van der Waals surface area (Å²) in [4.78, 5) is 2.17. The van der Waals surface area contributed by atoms with E-state index in [2.05, 4.69) is 9.62 Å². The lowest BCUT2D eigenvalue weighted by atomic mass is 9.91. The Bertz CT molecular complexity index is 397. The van der Waals surface area contributed by atoms with E-state index in [1.807, 2.05) is 13.8 Å². The van der Waals surface area contributed by atoms with Gasteiger partial charge in [-0.05, 0) is 39.7 Å². The second kappa shape index (κ2) is 6.08. The number of likely N-dealkylation sites (tertiary alicyclic amines) is 1. The first-order valence-corrected chi connectivity index (χ1v) is 8.88. The molecule has 2 fully saturated rings. The van der Waals surface area contributed by atoms with Gasteiger partial charge in [0, 0.05) is 18.6 Å². The molecule has 2 aliphatic rings. The molecular weight excluding hydrogens is 264 g/mol. The predicted molar refractivity (Wildman–Crippen MR) is 75.4 cm³/mol. The largest absolute Gasteiger partial charge is 0.391 e.